The maximum absolute atomic E-state index is 13.8. The summed E-state index contributed by atoms with van der Waals surface area (Å²) in [6.07, 6.45) is -7.04. The number of alkyl halides is 3. The zero-order valence-corrected chi connectivity index (χ0v) is 13.7. The van der Waals surface area contributed by atoms with E-state index in [1.165, 1.54) is 6.07 Å². The normalized spacial score (nSPS) is 11.7. The standard InChI is InChI=1S/C16H8BrF7O/c17-10-4-2-1-3-7(10)5-8(25)6-9-12(18)14(20)11(16(22,23)24)15(21)13(9)19/h1-4H,5-6H2. The van der Waals surface area contributed by atoms with Gasteiger partial charge in [-0.3, -0.25) is 4.79 Å². The highest BCUT2D eigenvalue weighted by atomic mass is 79.9. The fourth-order valence-electron chi connectivity index (χ4n) is 2.20. The van der Waals surface area contributed by atoms with Crippen molar-refractivity contribution < 1.29 is 35.5 Å². The summed E-state index contributed by atoms with van der Waals surface area (Å²) in [5.41, 5.74) is -3.59. The Labute approximate surface area is 145 Å². The van der Waals surface area contributed by atoms with Gasteiger partial charge in [-0.25, -0.2) is 17.6 Å². The molecule has 0 saturated heterocycles. The smallest absolute Gasteiger partial charge is 0.299 e. The molecule has 25 heavy (non-hydrogen) atoms. The fourth-order valence-corrected chi connectivity index (χ4v) is 2.62. The summed E-state index contributed by atoms with van der Waals surface area (Å²) in [7, 11) is 0. The van der Waals surface area contributed by atoms with Crippen molar-refractivity contribution in [1.29, 1.82) is 0 Å². The Bertz CT molecular complexity index is 801. The van der Waals surface area contributed by atoms with E-state index >= 15 is 0 Å². The van der Waals surface area contributed by atoms with Gasteiger partial charge in [0.05, 0.1) is 0 Å². The third kappa shape index (κ3) is 4.02. The van der Waals surface area contributed by atoms with Crippen LogP contribution in [-0.2, 0) is 23.8 Å². The van der Waals surface area contributed by atoms with Crippen LogP contribution in [0, 0.1) is 23.3 Å². The summed E-state index contributed by atoms with van der Waals surface area (Å²) in [5.74, 6) is -10.4. The number of carbonyl (C=O) groups excluding carboxylic acids is 1. The van der Waals surface area contributed by atoms with E-state index in [0.717, 1.165) is 0 Å². The summed E-state index contributed by atoms with van der Waals surface area (Å²) >= 11 is 3.15. The molecule has 0 amide bonds. The van der Waals surface area contributed by atoms with E-state index < -0.39 is 52.8 Å². The van der Waals surface area contributed by atoms with Crippen molar-refractivity contribution in [3.8, 4) is 0 Å². The number of hydrogen-bond donors (Lipinski definition) is 0. The first kappa shape index (κ1) is 19.4. The number of hydrogen-bond acceptors (Lipinski definition) is 1. The van der Waals surface area contributed by atoms with E-state index in [-0.39, 0.29) is 6.42 Å². The van der Waals surface area contributed by atoms with Crippen LogP contribution < -0.4 is 0 Å². The lowest BCUT2D eigenvalue weighted by molar-refractivity contribution is -0.143. The molecule has 0 heterocycles. The Morgan fingerprint density at radius 1 is 0.880 bits per heavy atom. The lowest BCUT2D eigenvalue weighted by Gasteiger charge is -2.14. The molecular weight excluding hydrogens is 421 g/mol. The van der Waals surface area contributed by atoms with Gasteiger partial charge in [-0.2, -0.15) is 13.2 Å². The Balaban J connectivity index is 2.38. The SMILES string of the molecule is O=C(Cc1ccccc1Br)Cc1c(F)c(F)c(C(F)(F)F)c(F)c1F. The van der Waals surface area contributed by atoms with Crippen molar-refractivity contribution in [2.75, 3.05) is 0 Å². The second-order valence-electron chi connectivity index (χ2n) is 5.09. The van der Waals surface area contributed by atoms with Crippen LogP contribution in [0.4, 0.5) is 30.7 Å². The molecule has 134 valence electrons. The molecule has 0 radical (unpaired) electrons. The maximum Gasteiger partial charge on any atom is 0.422 e. The molecule has 2 rings (SSSR count). The molecule has 0 spiro atoms. The third-order valence-corrected chi connectivity index (χ3v) is 4.13. The lowest BCUT2D eigenvalue weighted by atomic mass is 9.99. The summed E-state index contributed by atoms with van der Waals surface area (Å²) in [6, 6.07) is 6.37. The minimum absolute atomic E-state index is 0.329. The van der Waals surface area contributed by atoms with E-state index in [4.69, 9.17) is 0 Å². The van der Waals surface area contributed by atoms with Crippen LogP contribution in [0.2, 0.25) is 0 Å². The van der Waals surface area contributed by atoms with Gasteiger partial charge in [0.1, 0.15) is 11.3 Å². The van der Waals surface area contributed by atoms with E-state index in [2.05, 4.69) is 15.9 Å². The molecule has 0 aliphatic heterocycles. The highest BCUT2D eigenvalue weighted by molar-refractivity contribution is 9.10. The van der Waals surface area contributed by atoms with Crippen LogP contribution in [0.1, 0.15) is 16.7 Å². The zero-order valence-electron chi connectivity index (χ0n) is 12.2. The van der Waals surface area contributed by atoms with Crippen LogP contribution in [0.15, 0.2) is 28.7 Å². The van der Waals surface area contributed by atoms with E-state index in [1.54, 1.807) is 18.2 Å². The van der Waals surface area contributed by atoms with Crippen LogP contribution in [0.25, 0.3) is 0 Å². The van der Waals surface area contributed by atoms with Gasteiger partial charge in [-0.15, -0.1) is 0 Å². The van der Waals surface area contributed by atoms with Gasteiger partial charge in [0.25, 0.3) is 0 Å². The maximum atomic E-state index is 13.8. The van der Waals surface area contributed by atoms with Crippen molar-refractivity contribution in [2.24, 2.45) is 0 Å². The van der Waals surface area contributed by atoms with E-state index in [1.807, 2.05) is 0 Å². The first-order valence-electron chi connectivity index (χ1n) is 6.71. The predicted molar refractivity (Wildman–Crippen MR) is 77.8 cm³/mol. The molecular formula is C16H8BrF7O. The highest BCUT2D eigenvalue weighted by Crippen LogP contribution is 2.37. The second-order valence-corrected chi connectivity index (χ2v) is 5.95. The summed E-state index contributed by atoms with van der Waals surface area (Å²) in [4.78, 5) is 11.9. The van der Waals surface area contributed by atoms with Crippen molar-refractivity contribution >= 4 is 21.7 Å². The molecule has 0 aliphatic rings. The Hall–Kier alpha value is -1.90. The van der Waals surface area contributed by atoms with Gasteiger partial charge < -0.3 is 0 Å². The second kappa shape index (κ2) is 7.15. The molecule has 0 saturated carbocycles. The fraction of sp³-hybridized carbons (Fsp3) is 0.188. The van der Waals surface area contributed by atoms with Gasteiger partial charge in [0.2, 0.25) is 0 Å². The molecule has 2 aromatic rings. The molecule has 0 fully saturated rings. The van der Waals surface area contributed by atoms with Crippen LogP contribution in [-0.4, -0.2) is 5.78 Å². The molecule has 0 bridgehead atoms. The van der Waals surface area contributed by atoms with Gasteiger partial charge in [0, 0.05) is 22.9 Å². The monoisotopic (exact) mass is 428 g/mol. The summed E-state index contributed by atoms with van der Waals surface area (Å²) in [6.45, 7) is 0. The van der Waals surface area contributed by atoms with Crippen LogP contribution >= 0.6 is 15.9 Å². The van der Waals surface area contributed by atoms with Crippen LogP contribution in [0.5, 0.6) is 0 Å². The van der Waals surface area contributed by atoms with Gasteiger partial charge in [-0.1, -0.05) is 34.1 Å². The molecule has 0 aromatic heterocycles. The van der Waals surface area contributed by atoms with Crippen molar-refractivity contribution in [2.45, 2.75) is 19.0 Å². The summed E-state index contributed by atoms with van der Waals surface area (Å²) < 4.78 is 92.6. The van der Waals surface area contributed by atoms with Crippen LogP contribution in [0.3, 0.4) is 0 Å². The molecule has 2 aromatic carbocycles. The molecule has 0 N–H and O–H groups in total. The topological polar surface area (TPSA) is 17.1 Å². The average Bonchev–Trinajstić information content (AvgIpc) is 2.51. The summed E-state index contributed by atoms with van der Waals surface area (Å²) in [5, 5.41) is 0. The number of rotatable bonds is 4. The Kier molecular flexibility index (Phi) is 5.55. The molecule has 0 aliphatic carbocycles. The molecule has 1 nitrogen and oxygen atoms in total. The first-order chi connectivity index (χ1) is 11.5. The number of carbonyl (C=O) groups is 1. The minimum atomic E-state index is -5.62. The molecule has 0 unspecified atom stereocenters. The lowest BCUT2D eigenvalue weighted by Crippen LogP contribution is -2.19. The van der Waals surface area contributed by atoms with Gasteiger partial charge in [0.15, 0.2) is 23.3 Å². The van der Waals surface area contributed by atoms with Gasteiger partial charge >= 0.3 is 6.18 Å². The largest absolute Gasteiger partial charge is 0.422 e. The number of Topliss-reactive ketones (excluding diaryl/α,β-unsaturated/α-hetero) is 1. The Morgan fingerprint density at radius 2 is 1.40 bits per heavy atom. The zero-order chi connectivity index (χ0) is 18.9. The third-order valence-electron chi connectivity index (χ3n) is 3.36. The van der Waals surface area contributed by atoms with Gasteiger partial charge in [-0.05, 0) is 11.6 Å². The van der Waals surface area contributed by atoms with Crippen molar-refractivity contribution in [1.82, 2.24) is 0 Å². The quantitative estimate of drug-likeness (QED) is 0.472. The van der Waals surface area contributed by atoms with Crippen molar-refractivity contribution in [3.05, 3.63) is 68.7 Å². The molecule has 9 heteroatoms. The Morgan fingerprint density at radius 3 is 1.88 bits per heavy atom. The highest BCUT2D eigenvalue weighted by Gasteiger charge is 2.42. The predicted octanol–water partition coefficient (Wildman–Crippen LogP) is 5.38. The number of benzene rings is 2. The molecule has 0 atom stereocenters. The average molecular weight is 429 g/mol. The first-order valence-corrected chi connectivity index (χ1v) is 7.50. The number of ketones is 1. The van der Waals surface area contributed by atoms with E-state index in [0.29, 0.717) is 10.0 Å². The number of halogens is 8. The van der Waals surface area contributed by atoms with Crippen molar-refractivity contribution in [3.63, 3.8) is 0 Å². The minimum Gasteiger partial charge on any atom is -0.299 e. The van der Waals surface area contributed by atoms with E-state index in [9.17, 15) is 35.5 Å².